The molecule has 8 nitrogen and oxygen atoms in total. The standard InChI is InChI=1S/C22H26ClN3O5S/c1-31-21-8-7-20(25-9-11-26(12-10-25)22(27)28)18-6-5-16(14-19(18)21)24-32(29,30)17-4-2-3-15(23)13-17/h2-4,7-8,13,16,24H,5-6,9-12,14H2,1H3,(H,27,28)/t16-/m0/s1. The van der Waals surface area contributed by atoms with E-state index in [9.17, 15) is 18.3 Å². The second-order valence-corrected chi connectivity index (χ2v) is 10.2. The first-order valence-electron chi connectivity index (χ1n) is 10.5. The van der Waals surface area contributed by atoms with E-state index in [1.807, 2.05) is 12.1 Å². The Hall–Kier alpha value is -2.49. The highest BCUT2D eigenvalue weighted by molar-refractivity contribution is 7.89. The zero-order valence-electron chi connectivity index (χ0n) is 17.8. The summed E-state index contributed by atoms with van der Waals surface area (Å²) < 4.78 is 34.1. The number of benzene rings is 2. The minimum Gasteiger partial charge on any atom is -0.496 e. The number of nitrogens with zero attached hydrogens (tertiary/aromatic N) is 2. The smallest absolute Gasteiger partial charge is 0.407 e. The summed E-state index contributed by atoms with van der Waals surface area (Å²) >= 11 is 5.97. The molecule has 1 aliphatic carbocycles. The molecule has 1 amide bonds. The molecule has 0 radical (unpaired) electrons. The summed E-state index contributed by atoms with van der Waals surface area (Å²) in [4.78, 5) is 15.0. The molecule has 0 spiro atoms. The van der Waals surface area contributed by atoms with Crippen LogP contribution in [0.1, 0.15) is 17.5 Å². The Balaban J connectivity index is 1.55. The first-order valence-corrected chi connectivity index (χ1v) is 12.3. The number of nitrogens with one attached hydrogen (secondary N) is 1. The average molecular weight is 480 g/mol. The second-order valence-electron chi connectivity index (χ2n) is 8.02. The minimum absolute atomic E-state index is 0.146. The Bertz CT molecular complexity index is 1120. The number of hydrogen-bond acceptors (Lipinski definition) is 5. The molecule has 2 N–H and O–H groups in total. The van der Waals surface area contributed by atoms with Crippen LogP contribution in [-0.2, 0) is 22.9 Å². The monoisotopic (exact) mass is 479 g/mol. The lowest BCUT2D eigenvalue weighted by Crippen LogP contribution is -2.48. The molecule has 1 saturated heterocycles. The topological polar surface area (TPSA) is 99.2 Å². The number of sulfonamides is 1. The van der Waals surface area contributed by atoms with Crippen LogP contribution in [0.2, 0.25) is 5.02 Å². The van der Waals surface area contributed by atoms with E-state index in [0.717, 1.165) is 22.6 Å². The molecule has 4 rings (SSSR count). The lowest BCUT2D eigenvalue weighted by molar-refractivity contribution is 0.142. The van der Waals surface area contributed by atoms with Crippen LogP contribution in [0.15, 0.2) is 41.3 Å². The molecule has 2 aromatic rings. The summed E-state index contributed by atoms with van der Waals surface area (Å²) in [5.74, 6) is 0.736. The predicted molar refractivity (Wildman–Crippen MR) is 122 cm³/mol. The number of methoxy groups -OCH3 is 1. The van der Waals surface area contributed by atoms with Gasteiger partial charge in [-0.25, -0.2) is 17.9 Å². The third kappa shape index (κ3) is 4.65. The molecule has 1 heterocycles. The molecule has 0 unspecified atom stereocenters. The number of fused-ring (bicyclic) bond motifs is 1. The van der Waals surface area contributed by atoms with Crippen LogP contribution in [0.25, 0.3) is 0 Å². The van der Waals surface area contributed by atoms with Crippen molar-refractivity contribution in [1.29, 1.82) is 0 Å². The third-order valence-corrected chi connectivity index (χ3v) is 7.85. The number of anilines is 1. The van der Waals surface area contributed by atoms with E-state index < -0.39 is 16.1 Å². The number of amides is 1. The van der Waals surface area contributed by atoms with Crippen LogP contribution in [0.4, 0.5) is 10.5 Å². The van der Waals surface area contributed by atoms with Crippen LogP contribution in [-0.4, -0.2) is 63.8 Å². The molecule has 1 fully saturated rings. The number of rotatable bonds is 5. The Labute approximate surface area is 192 Å². The van der Waals surface area contributed by atoms with Gasteiger partial charge in [0.25, 0.3) is 0 Å². The van der Waals surface area contributed by atoms with Crippen molar-refractivity contribution in [2.24, 2.45) is 0 Å². The summed E-state index contributed by atoms with van der Waals surface area (Å²) in [6.45, 7) is 2.15. The molecule has 1 aliphatic heterocycles. The molecule has 1 atom stereocenters. The Kier molecular flexibility index (Phi) is 6.50. The number of hydrogen-bond donors (Lipinski definition) is 2. The molecule has 0 aromatic heterocycles. The third-order valence-electron chi connectivity index (χ3n) is 6.10. The summed E-state index contributed by atoms with van der Waals surface area (Å²) in [6.07, 6.45) is 0.976. The van der Waals surface area contributed by atoms with Gasteiger partial charge in [-0.05, 0) is 55.2 Å². The van der Waals surface area contributed by atoms with Crippen molar-refractivity contribution in [2.75, 3.05) is 38.2 Å². The maximum absolute atomic E-state index is 12.9. The molecule has 2 aromatic carbocycles. The van der Waals surface area contributed by atoms with E-state index in [1.54, 1.807) is 19.2 Å². The highest BCUT2D eigenvalue weighted by Crippen LogP contribution is 2.37. The highest BCUT2D eigenvalue weighted by atomic mass is 35.5. The van der Waals surface area contributed by atoms with Crippen molar-refractivity contribution in [3.05, 3.63) is 52.5 Å². The minimum atomic E-state index is -3.70. The van der Waals surface area contributed by atoms with Gasteiger partial charge in [0.05, 0.1) is 12.0 Å². The number of carboxylic acid groups (broad SMARTS) is 1. The molecule has 32 heavy (non-hydrogen) atoms. The van der Waals surface area contributed by atoms with Crippen molar-refractivity contribution >= 4 is 33.4 Å². The quantitative estimate of drug-likeness (QED) is 0.684. The van der Waals surface area contributed by atoms with E-state index in [1.165, 1.54) is 17.0 Å². The maximum atomic E-state index is 12.9. The molecule has 2 aliphatic rings. The maximum Gasteiger partial charge on any atom is 0.407 e. The van der Waals surface area contributed by atoms with E-state index in [0.29, 0.717) is 50.5 Å². The summed E-state index contributed by atoms with van der Waals surface area (Å²) in [6, 6.07) is 9.89. The van der Waals surface area contributed by atoms with Crippen molar-refractivity contribution in [2.45, 2.75) is 30.2 Å². The van der Waals surface area contributed by atoms with Gasteiger partial charge in [0.15, 0.2) is 0 Å². The summed E-state index contributed by atoms with van der Waals surface area (Å²) in [5.41, 5.74) is 3.21. The van der Waals surface area contributed by atoms with Crippen LogP contribution >= 0.6 is 11.6 Å². The molecule has 0 saturated carbocycles. The Morgan fingerprint density at radius 2 is 1.91 bits per heavy atom. The lowest BCUT2D eigenvalue weighted by Gasteiger charge is -2.37. The summed E-state index contributed by atoms with van der Waals surface area (Å²) in [5, 5.41) is 9.57. The lowest BCUT2D eigenvalue weighted by atomic mass is 9.86. The fourth-order valence-electron chi connectivity index (χ4n) is 4.48. The SMILES string of the molecule is COc1ccc(N2CCN(C(=O)O)CC2)c2c1C[C@@H](NS(=O)(=O)c1cccc(Cl)c1)CC2. The van der Waals surface area contributed by atoms with Crippen molar-refractivity contribution in [3.63, 3.8) is 0 Å². The van der Waals surface area contributed by atoms with Gasteiger partial charge < -0.3 is 19.6 Å². The molecule has 0 bridgehead atoms. The number of piperazine rings is 1. The fourth-order valence-corrected chi connectivity index (χ4v) is 6.05. The van der Waals surface area contributed by atoms with Gasteiger partial charge in [-0.2, -0.15) is 0 Å². The van der Waals surface area contributed by atoms with Gasteiger partial charge in [0, 0.05) is 48.5 Å². The normalized spacial score (nSPS) is 18.9. The van der Waals surface area contributed by atoms with Gasteiger partial charge in [0.2, 0.25) is 10.0 Å². The largest absolute Gasteiger partial charge is 0.496 e. The van der Waals surface area contributed by atoms with Crippen LogP contribution in [0, 0.1) is 0 Å². The molecule has 172 valence electrons. The Morgan fingerprint density at radius 3 is 2.56 bits per heavy atom. The predicted octanol–water partition coefficient (Wildman–Crippen LogP) is 2.98. The van der Waals surface area contributed by atoms with Gasteiger partial charge in [0.1, 0.15) is 5.75 Å². The van der Waals surface area contributed by atoms with Gasteiger partial charge in [-0.15, -0.1) is 0 Å². The van der Waals surface area contributed by atoms with Gasteiger partial charge >= 0.3 is 6.09 Å². The number of halogens is 1. The van der Waals surface area contributed by atoms with Crippen LogP contribution < -0.4 is 14.4 Å². The first-order chi connectivity index (χ1) is 15.3. The van der Waals surface area contributed by atoms with E-state index in [4.69, 9.17) is 16.3 Å². The zero-order valence-corrected chi connectivity index (χ0v) is 19.3. The number of ether oxygens (including phenoxy) is 1. The van der Waals surface area contributed by atoms with Crippen LogP contribution in [0.3, 0.4) is 0 Å². The van der Waals surface area contributed by atoms with E-state index in [2.05, 4.69) is 9.62 Å². The highest BCUT2D eigenvalue weighted by Gasteiger charge is 2.30. The summed E-state index contributed by atoms with van der Waals surface area (Å²) in [7, 11) is -2.08. The van der Waals surface area contributed by atoms with E-state index >= 15 is 0 Å². The van der Waals surface area contributed by atoms with Crippen molar-refractivity contribution in [1.82, 2.24) is 9.62 Å². The Morgan fingerprint density at radius 1 is 1.16 bits per heavy atom. The zero-order chi connectivity index (χ0) is 22.9. The molecule has 10 heteroatoms. The number of carbonyl (C=O) groups is 1. The van der Waals surface area contributed by atoms with Crippen molar-refractivity contribution < 1.29 is 23.1 Å². The molecular formula is C22H26ClN3O5S. The molecular weight excluding hydrogens is 454 g/mol. The first kappa shape index (κ1) is 22.7. The van der Waals surface area contributed by atoms with Gasteiger partial charge in [-0.1, -0.05) is 17.7 Å². The fraction of sp³-hybridized carbons (Fsp3) is 0.409. The van der Waals surface area contributed by atoms with Crippen LogP contribution in [0.5, 0.6) is 5.75 Å². The van der Waals surface area contributed by atoms with E-state index in [-0.39, 0.29) is 10.9 Å². The van der Waals surface area contributed by atoms with Crippen molar-refractivity contribution in [3.8, 4) is 5.75 Å². The average Bonchev–Trinajstić information content (AvgIpc) is 2.78. The second kappa shape index (κ2) is 9.17. The van der Waals surface area contributed by atoms with Gasteiger partial charge in [-0.3, -0.25) is 0 Å².